The Morgan fingerprint density at radius 3 is 1.61 bits per heavy atom. The van der Waals surface area contributed by atoms with Gasteiger partial charge < -0.3 is 15.8 Å². The number of aliphatic imine (C=N–C) groups is 2. The molecule has 0 aliphatic carbocycles. The highest BCUT2D eigenvalue weighted by atomic mass is 32.2. The predicted molar refractivity (Wildman–Crippen MR) is 228 cm³/mol. The highest BCUT2D eigenvalue weighted by molar-refractivity contribution is 7.90. The molecule has 0 saturated heterocycles. The molecule has 0 aliphatic rings. The minimum atomic E-state index is -4.39. The number of benzene rings is 4. The van der Waals surface area contributed by atoms with Gasteiger partial charge in [-0.1, -0.05) is 37.4 Å². The second-order valence-corrected chi connectivity index (χ2v) is 18.7. The molecule has 0 saturated carbocycles. The molecule has 0 fully saturated rings. The van der Waals surface area contributed by atoms with Gasteiger partial charge in [-0.15, -0.1) is 6.58 Å². The topological polar surface area (TPSA) is 228 Å². The fourth-order valence-corrected chi connectivity index (χ4v) is 9.88. The van der Waals surface area contributed by atoms with Crippen molar-refractivity contribution >= 4 is 79.9 Å². The van der Waals surface area contributed by atoms with Crippen LogP contribution in [0.2, 0.25) is 0 Å². The van der Waals surface area contributed by atoms with E-state index in [0.29, 0.717) is 44.5 Å². The van der Waals surface area contributed by atoms with Crippen molar-refractivity contribution in [2.24, 2.45) is 15.7 Å². The SMILES string of the molecule is C=CCNCCCNS(=O)(=O)c1cc(S(=O)(=O)NCCCN=C(C)C(=C)C)c2ccc3c(S(=O)(=O)NCCCN=C(N)C(=C)C)cc(OC(C)=O)c4ccc1c2c43. The smallest absolute Gasteiger partial charge is 0.308 e. The van der Waals surface area contributed by atoms with Crippen molar-refractivity contribution < 1.29 is 34.8 Å². The van der Waals surface area contributed by atoms with Crippen LogP contribution in [0.1, 0.15) is 47.0 Å². The van der Waals surface area contributed by atoms with Gasteiger partial charge in [0.2, 0.25) is 30.1 Å². The molecule has 0 heterocycles. The summed E-state index contributed by atoms with van der Waals surface area (Å²) in [4.78, 5) is 20.0. The van der Waals surface area contributed by atoms with Crippen molar-refractivity contribution in [3.05, 3.63) is 73.4 Å². The number of nitrogens with zero attached hydrogens (tertiary/aromatic N) is 2. The Bertz CT molecular complexity index is 2580. The lowest BCUT2D eigenvalue weighted by Crippen LogP contribution is -2.29. The summed E-state index contributed by atoms with van der Waals surface area (Å²) in [5.74, 6) is -0.595. The average Bonchev–Trinajstić information content (AvgIpc) is 3.14. The molecular formula is C39H51N7O8S3. The molecular weight excluding hydrogens is 791 g/mol. The van der Waals surface area contributed by atoms with Crippen molar-refractivity contribution in [1.29, 1.82) is 0 Å². The lowest BCUT2D eigenvalue weighted by Gasteiger charge is -2.20. The Kier molecular flexibility index (Phi) is 15.3. The monoisotopic (exact) mass is 841 g/mol. The molecule has 6 N–H and O–H groups in total. The molecule has 0 unspecified atom stereocenters. The van der Waals surface area contributed by atoms with Crippen LogP contribution in [0.3, 0.4) is 0 Å². The zero-order valence-corrected chi connectivity index (χ0v) is 35.1. The van der Waals surface area contributed by atoms with Crippen molar-refractivity contribution in [3.63, 3.8) is 0 Å². The van der Waals surface area contributed by atoms with E-state index in [9.17, 15) is 30.0 Å². The van der Waals surface area contributed by atoms with Gasteiger partial charge in [0.1, 0.15) is 11.6 Å². The summed E-state index contributed by atoms with van der Waals surface area (Å²) < 4.78 is 97.6. The first-order chi connectivity index (χ1) is 26.8. The van der Waals surface area contributed by atoms with Gasteiger partial charge in [0, 0.05) is 90.3 Å². The van der Waals surface area contributed by atoms with E-state index in [0.717, 1.165) is 24.3 Å². The van der Waals surface area contributed by atoms with Crippen molar-refractivity contribution in [1.82, 2.24) is 19.5 Å². The molecule has 4 aromatic carbocycles. The maximum atomic E-state index is 14.1. The van der Waals surface area contributed by atoms with Crippen LogP contribution in [-0.2, 0) is 34.9 Å². The van der Waals surface area contributed by atoms with Gasteiger partial charge in [-0.05, 0) is 69.9 Å². The maximum Gasteiger partial charge on any atom is 0.308 e. The number of esters is 1. The average molecular weight is 842 g/mol. The quantitative estimate of drug-likeness (QED) is 0.0136. The van der Waals surface area contributed by atoms with Gasteiger partial charge in [-0.25, -0.2) is 39.4 Å². The van der Waals surface area contributed by atoms with Gasteiger partial charge >= 0.3 is 5.97 Å². The highest BCUT2D eigenvalue weighted by Crippen LogP contribution is 2.45. The fourth-order valence-electron chi connectivity index (χ4n) is 5.92. The molecule has 15 nitrogen and oxygen atoms in total. The van der Waals surface area contributed by atoms with Crippen LogP contribution in [0.5, 0.6) is 5.75 Å². The van der Waals surface area contributed by atoms with Gasteiger partial charge in [-0.2, -0.15) is 0 Å². The molecule has 0 radical (unpaired) electrons. The Balaban J connectivity index is 1.93. The number of carbonyl (C=O) groups excluding carboxylic acids is 1. The third-order valence-corrected chi connectivity index (χ3v) is 13.4. The van der Waals surface area contributed by atoms with Crippen LogP contribution < -0.4 is 30.0 Å². The first-order valence-electron chi connectivity index (χ1n) is 18.2. The van der Waals surface area contributed by atoms with Gasteiger partial charge in [0.25, 0.3) is 0 Å². The summed E-state index contributed by atoms with van der Waals surface area (Å²) in [6.07, 6.45) is 2.74. The summed E-state index contributed by atoms with van der Waals surface area (Å²) in [6.45, 7) is 19.3. The molecule has 4 aromatic rings. The van der Waals surface area contributed by atoms with Gasteiger partial charge in [0.05, 0.1) is 14.7 Å². The summed E-state index contributed by atoms with van der Waals surface area (Å²) in [7, 11) is -13.1. The van der Waals surface area contributed by atoms with E-state index in [1.807, 2.05) is 13.8 Å². The number of hydrogen-bond acceptors (Lipinski definition) is 11. The molecule has 0 atom stereocenters. The van der Waals surface area contributed by atoms with E-state index >= 15 is 0 Å². The van der Waals surface area contributed by atoms with Crippen LogP contribution >= 0.6 is 0 Å². The van der Waals surface area contributed by atoms with Crippen molar-refractivity contribution in [3.8, 4) is 5.75 Å². The number of nitrogens with two attached hydrogens (primary N) is 1. The zero-order valence-electron chi connectivity index (χ0n) is 32.7. The second kappa shape index (κ2) is 19.3. The summed E-state index contributed by atoms with van der Waals surface area (Å²) >= 11 is 0. The number of allylic oxidation sites excluding steroid dienone is 1. The minimum absolute atomic E-state index is 0.00884. The largest absolute Gasteiger partial charge is 0.426 e. The van der Waals surface area contributed by atoms with E-state index in [2.05, 4.69) is 49.2 Å². The van der Waals surface area contributed by atoms with Gasteiger partial charge in [0.15, 0.2) is 0 Å². The molecule has 308 valence electrons. The third-order valence-electron chi connectivity index (χ3n) is 8.92. The van der Waals surface area contributed by atoms with Crippen molar-refractivity contribution in [2.75, 3.05) is 45.8 Å². The Morgan fingerprint density at radius 1 is 0.684 bits per heavy atom. The molecule has 4 rings (SSSR count). The normalized spacial score (nSPS) is 13.1. The van der Waals surface area contributed by atoms with Crippen LogP contribution in [0, 0.1) is 0 Å². The van der Waals surface area contributed by atoms with E-state index in [4.69, 9.17) is 10.5 Å². The summed E-state index contributed by atoms with van der Waals surface area (Å²) in [5.41, 5.74) is 7.93. The first-order valence-corrected chi connectivity index (χ1v) is 22.7. The number of ether oxygens (including phenoxy) is 1. The van der Waals surface area contributed by atoms with Crippen molar-refractivity contribution in [2.45, 2.75) is 61.6 Å². The molecule has 18 heteroatoms. The molecule has 0 amide bonds. The second-order valence-electron chi connectivity index (χ2n) is 13.5. The molecule has 0 aromatic heterocycles. The summed E-state index contributed by atoms with van der Waals surface area (Å²) in [5, 5.41) is 4.11. The lowest BCUT2D eigenvalue weighted by molar-refractivity contribution is -0.131. The van der Waals surface area contributed by atoms with Crippen LogP contribution in [0.4, 0.5) is 0 Å². The van der Waals surface area contributed by atoms with E-state index < -0.39 is 36.0 Å². The van der Waals surface area contributed by atoms with Crippen LogP contribution in [0.25, 0.3) is 32.3 Å². The Labute approximate surface area is 335 Å². The summed E-state index contributed by atoms with van der Waals surface area (Å²) in [6, 6.07) is 8.26. The minimum Gasteiger partial charge on any atom is -0.426 e. The number of rotatable bonds is 23. The standard InChI is InChI=1S/C39H51N7O8S3/c1-8-16-41-17-9-20-44-56(50,51)35-24-36(57(52,53)46-21-10-18-42-27(6)25(2)3)32-15-14-30-34(55(48,49)45-22-11-19-43-39(40)26(4)5)23-33(54-28(7)47)29-12-13-31(35)38(32)37(29)30/h8,12-15,23-24,41,44-46H,1-2,4,9-11,16-22H2,3,5-7H3,(H2,40,43). The van der Waals surface area contributed by atoms with E-state index in [1.54, 1.807) is 13.0 Å². The third kappa shape index (κ3) is 11.1. The number of sulfonamides is 3. The number of nitrogens with one attached hydrogen (secondary N) is 4. The molecule has 0 aliphatic heterocycles. The highest BCUT2D eigenvalue weighted by Gasteiger charge is 2.30. The van der Waals surface area contributed by atoms with E-state index in [-0.39, 0.29) is 84.8 Å². The molecule has 0 spiro atoms. The van der Waals surface area contributed by atoms with Gasteiger partial charge in [-0.3, -0.25) is 14.8 Å². The number of hydrogen-bond donors (Lipinski definition) is 5. The maximum absolute atomic E-state index is 14.1. The Morgan fingerprint density at radius 2 is 1.14 bits per heavy atom. The molecule has 57 heavy (non-hydrogen) atoms. The zero-order chi connectivity index (χ0) is 42.1. The number of carbonyl (C=O) groups is 1. The fraction of sp³-hybridized carbons (Fsp3) is 0.359. The number of amidine groups is 1. The first kappa shape index (κ1) is 45.1. The molecule has 0 bridgehead atoms. The lowest BCUT2D eigenvalue weighted by atomic mass is 9.93. The Hall–Kier alpha value is -4.56. The predicted octanol–water partition coefficient (Wildman–Crippen LogP) is 4.26. The van der Waals surface area contributed by atoms with Crippen LogP contribution in [-0.4, -0.2) is 88.6 Å². The van der Waals surface area contributed by atoms with Crippen LogP contribution in [0.15, 0.2) is 98.0 Å². The van der Waals surface area contributed by atoms with E-state index in [1.165, 1.54) is 30.3 Å².